The Bertz CT molecular complexity index is 418. The lowest BCUT2D eigenvalue weighted by atomic mass is 10.2. The zero-order valence-electron chi connectivity index (χ0n) is 12.2. The normalized spacial score (nSPS) is 17.6. The zero-order valence-corrected chi connectivity index (χ0v) is 12.2. The Kier molecular flexibility index (Phi) is 6.80. The van der Waals surface area contributed by atoms with Gasteiger partial charge < -0.3 is 0 Å². The van der Waals surface area contributed by atoms with Gasteiger partial charge in [0.15, 0.2) is 0 Å². The van der Waals surface area contributed by atoms with E-state index in [1.54, 1.807) is 0 Å². The van der Waals surface area contributed by atoms with Gasteiger partial charge in [-0.3, -0.25) is 9.98 Å². The average molecular weight is 268 g/mol. The largest absolute Gasteiger partial charge is 0.293 e. The molecule has 0 unspecified atom stereocenters. The van der Waals surface area contributed by atoms with Gasteiger partial charge in [0, 0.05) is 25.5 Å². The standard InChI is InChI=1S/C18H24N2/c1(7-13-19-15-17-9-3-4-10-17)2-8-14-20-16-18-11-5-6-12-18/h3-6,9,11,15-16H,1-2,7-8,10,12-14H2. The highest BCUT2D eigenvalue weighted by atomic mass is 14.7. The summed E-state index contributed by atoms with van der Waals surface area (Å²) < 4.78 is 0. The number of hydrogen-bond donors (Lipinski definition) is 0. The molecule has 2 aliphatic carbocycles. The highest BCUT2D eigenvalue weighted by Gasteiger charge is 1.95. The van der Waals surface area contributed by atoms with E-state index in [2.05, 4.69) is 46.4 Å². The van der Waals surface area contributed by atoms with Gasteiger partial charge in [-0.1, -0.05) is 49.3 Å². The number of hydrogen-bond acceptors (Lipinski definition) is 2. The fourth-order valence-electron chi connectivity index (χ4n) is 2.24. The summed E-state index contributed by atoms with van der Waals surface area (Å²) in [5, 5.41) is 0. The van der Waals surface area contributed by atoms with E-state index in [0.29, 0.717) is 0 Å². The molecule has 0 aromatic heterocycles. The van der Waals surface area contributed by atoms with Crippen LogP contribution in [0.1, 0.15) is 38.5 Å². The summed E-state index contributed by atoms with van der Waals surface area (Å²) in [5.74, 6) is 0. The summed E-state index contributed by atoms with van der Waals surface area (Å²) in [6.07, 6.45) is 23.8. The molecule has 0 aliphatic heterocycles. The number of nitrogens with zero attached hydrogens (tertiary/aromatic N) is 2. The summed E-state index contributed by atoms with van der Waals surface area (Å²) in [6, 6.07) is 0. The molecule has 0 amide bonds. The van der Waals surface area contributed by atoms with Crippen LogP contribution in [0.2, 0.25) is 0 Å². The first-order valence-electron chi connectivity index (χ1n) is 7.66. The van der Waals surface area contributed by atoms with Crippen LogP contribution in [-0.2, 0) is 0 Å². The van der Waals surface area contributed by atoms with Gasteiger partial charge in [-0.2, -0.15) is 0 Å². The minimum Gasteiger partial charge on any atom is -0.293 e. The first kappa shape index (κ1) is 14.7. The molecule has 2 rings (SSSR count). The maximum absolute atomic E-state index is 4.46. The fourth-order valence-corrected chi connectivity index (χ4v) is 2.24. The van der Waals surface area contributed by atoms with Crippen molar-refractivity contribution in [2.24, 2.45) is 9.98 Å². The molecule has 2 nitrogen and oxygen atoms in total. The van der Waals surface area contributed by atoms with E-state index in [1.165, 1.54) is 36.8 Å². The van der Waals surface area contributed by atoms with Gasteiger partial charge in [0.25, 0.3) is 0 Å². The Balaban J connectivity index is 1.40. The highest BCUT2D eigenvalue weighted by Crippen LogP contribution is 2.08. The van der Waals surface area contributed by atoms with Crippen LogP contribution in [0, 0.1) is 0 Å². The van der Waals surface area contributed by atoms with E-state index < -0.39 is 0 Å². The highest BCUT2D eigenvalue weighted by molar-refractivity contribution is 5.80. The van der Waals surface area contributed by atoms with Crippen molar-refractivity contribution in [3.63, 3.8) is 0 Å². The predicted molar refractivity (Wildman–Crippen MR) is 88.9 cm³/mol. The van der Waals surface area contributed by atoms with Crippen LogP contribution in [-0.4, -0.2) is 25.5 Å². The van der Waals surface area contributed by atoms with Crippen LogP contribution in [0.25, 0.3) is 0 Å². The Morgan fingerprint density at radius 3 is 1.65 bits per heavy atom. The van der Waals surface area contributed by atoms with E-state index in [0.717, 1.165) is 25.9 Å². The van der Waals surface area contributed by atoms with Crippen molar-refractivity contribution >= 4 is 12.4 Å². The molecule has 106 valence electrons. The molecule has 2 heteroatoms. The van der Waals surface area contributed by atoms with Crippen LogP contribution < -0.4 is 0 Å². The first-order chi connectivity index (χ1) is 9.95. The summed E-state index contributed by atoms with van der Waals surface area (Å²) in [4.78, 5) is 8.92. The number of allylic oxidation sites excluding steroid dienone is 8. The lowest BCUT2D eigenvalue weighted by molar-refractivity contribution is 0.655. The summed E-state index contributed by atoms with van der Waals surface area (Å²) in [6.45, 7) is 1.92. The van der Waals surface area contributed by atoms with Gasteiger partial charge in [-0.15, -0.1) is 0 Å². The molecular formula is C18H24N2. The van der Waals surface area contributed by atoms with Crippen LogP contribution in [0.3, 0.4) is 0 Å². The molecule has 0 radical (unpaired) electrons. The molecule has 0 aromatic carbocycles. The van der Waals surface area contributed by atoms with Gasteiger partial charge in [0.05, 0.1) is 0 Å². The molecule has 0 N–H and O–H groups in total. The Labute approximate surface area is 122 Å². The number of unbranched alkanes of at least 4 members (excludes halogenated alkanes) is 3. The molecular weight excluding hydrogens is 244 g/mol. The van der Waals surface area contributed by atoms with E-state index in [-0.39, 0.29) is 0 Å². The van der Waals surface area contributed by atoms with Gasteiger partial charge in [-0.05, 0) is 36.8 Å². The molecule has 0 fully saturated rings. The van der Waals surface area contributed by atoms with Crippen molar-refractivity contribution in [2.75, 3.05) is 13.1 Å². The van der Waals surface area contributed by atoms with Crippen molar-refractivity contribution in [1.29, 1.82) is 0 Å². The molecule has 0 saturated carbocycles. The number of rotatable bonds is 9. The SMILES string of the molecule is C1=CCC(C=NCCCCCCN=CC2=CC=CC2)=C1. The average Bonchev–Trinajstić information content (AvgIpc) is 3.14. The minimum absolute atomic E-state index is 0.958. The topological polar surface area (TPSA) is 24.7 Å². The first-order valence-corrected chi connectivity index (χ1v) is 7.66. The monoisotopic (exact) mass is 268 g/mol. The zero-order chi connectivity index (χ0) is 13.9. The van der Waals surface area contributed by atoms with Crippen LogP contribution in [0.5, 0.6) is 0 Å². The van der Waals surface area contributed by atoms with Gasteiger partial charge in [-0.25, -0.2) is 0 Å². The molecule has 0 atom stereocenters. The second kappa shape index (κ2) is 9.24. The predicted octanol–water partition coefficient (Wildman–Crippen LogP) is 4.46. The Morgan fingerprint density at radius 2 is 1.25 bits per heavy atom. The van der Waals surface area contributed by atoms with Gasteiger partial charge in [0.2, 0.25) is 0 Å². The molecule has 20 heavy (non-hydrogen) atoms. The third kappa shape index (κ3) is 5.96. The second-order valence-corrected chi connectivity index (χ2v) is 5.23. The second-order valence-electron chi connectivity index (χ2n) is 5.23. The molecule has 2 aliphatic rings. The third-order valence-corrected chi connectivity index (χ3v) is 3.44. The van der Waals surface area contributed by atoms with E-state index >= 15 is 0 Å². The maximum Gasteiger partial charge on any atom is 0.0389 e. The molecule has 0 heterocycles. The lowest BCUT2D eigenvalue weighted by Crippen LogP contribution is -1.88. The molecule has 0 bridgehead atoms. The maximum atomic E-state index is 4.46. The van der Waals surface area contributed by atoms with Gasteiger partial charge >= 0.3 is 0 Å². The smallest absolute Gasteiger partial charge is 0.0389 e. The third-order valence-electron chi connectivity index (χ3n) is 3.44. The summed E-state index contributed by atoms with van der Waals surface area (Å²) >= 11 is 0. The van der Waals surface area contributed by atoms with Crippen molar-refractivity contribution in [1.82, 2.24) is 0 Å². The van der Waals surface area contributed by atoms with E-state index in [9.17, 15) is 0 Å². The quantitative estimate of drug-likeness (QED) is 0.435. The van der Waals surface area contributed by atoms with Crippen molar-refractivity contribution in [2.45, 2.75) is 38.5 Å². The van der Waals surface area contributed by atoms with Crippen LogP contribution in [0.15, 0.2) is 57.6 Å². The van der Waals surface area contributed by atoms with Crippen molar-refractivity contribution in [3.8, 4) is 0 Å². The summed E-state index contributed by atoms with van der Waals surface area (Å²) in [5.41, 5.74) is 2.66. The van der Waals surface area contributed by atoms with Crippen LogP contribution >= 0.6 is 0 Å². The van der Waals surface area contributed by atoms with E-state index in [1.807, 2.05) is 12.4 Å². The molecule has 0 spiro atoms. The molecule has 0 saturated heterocycles. The lowest BCUT2D eigenvalue weighted by Gasteiger charge is -1.97. The van der Waals surface area contributed by atoms with E-state index in [4.69, 9.17) is 0 Å². The minimum atomic E-state index is 0.958. The Morgan fingerprint density at radius 1 is 0.750 bits per heavy atom. The van der Waals surface area contributed by atoms with Gasteiger partial charge in [0.1, 0.15) is 0 Å². The molecule has 0 aromatic rings. The van der Waals surface area contributed by atoms with Crippen LogP contribution in [0.4, 0.5) is 0 Å². The number of aliphatic imine (C=N–C) groups is 2. The summed E-state index contributed by atoms with van der Waals surface area (Å²) in [7, 11) is 0. The van der Waals surface area contributed by atoms with Crippen molar-refractivity contribution in [3.05, 3.63) is 47.6 Å². The van der Waals surface area contributed by atoms with Crippen molar-refractivity contribution < 1.29 is 0 Å². The fraction of sp³-hybridized carbons (Fsp3) is 0.444. The Hall–Kier alpha value is -1.70.